The van der Waals surface area contributed by atoms with Crippen LogP contribution in [0.1, 0.15) is 38.1 Å². The molecule has 25 heavy (non-hydrogen) atoms. The topological polar surface area (TPSA) is 58.6 Å². The standard InChI is InChI=1S/C18H24F2N2O3/c1-10(2)16(18(24)22-8-11(3)25-12(4)9-22)21-17(23)15-13(19)6-5-7-14(15)20/h5-7,10-12,16H,8-9H2,1-4H3,(H,21,23)/t11-,12-,16+/m1/s1. The zero-order valence-corrected chi connectivity index (χ0v) is 14.9. The molecule has 138 valence electrons. The molecule has 0 aromatic heterocycles. The van der Waals surface area contributed by atoms with Gasteiger partial charge in [-0.05, 0) is 31.9 Å². The molecule has 0 unspecified atom stereocenters. The van der Waals surface area contributed by atoms with Gasteiger partial charge in [-0.15, -0.1) is 0 Å². The average Bonchev–Trinajstić information content (AvgIpc) is 2.50. The van der Waals surface area contributed by atoms with Gasteiger partial charge in [0.1, 0.15) is 23.2 Å². The second kappa shape index (κ2) is 7.91. The Hall–Kier alpha value is -2.02. The Balaban J connectivity index is 2.18. The first-order valence-corrected chi connectivity index (χ1v) is 8.39. The van der Waals surface area contributed by atoms with Crippen molar-refractivity contribution >= 4 is 11.8 Å². The van der Waals surface area contributed by atoms with E-state index in [0.717, 1.165) is 12.1 Å². The molecule has 0 saturated carbocycles. The molecule has 1 aliphatic rings. The van der Waals surface area contributed by atoms with Gasteiger partial charge in [0.15, 0.2) is 0 Å². The number of hydrogen-bond acceptors (Lipinski definition) is 3. The van der Waals surface area contributed by atoms with Gasteiger partial charge in [0.2, 0.25) is 5.91 Å². The van der Waals surface area contributed by atoms with E-state index in [0.29, 0.717) is 13.1 Å². The first-order chi connectivity index (χ1) is 11.7. The van der Waals surface area contributed by atoms with E-state index in [1.165, 1.54) is 6.07 Å². The summed E-state index contributed by atoms with van der Waals surface area (Å²) in [6, 6.07) is 2.33. The Morgan fingerprint density at radius 1 is 1.16 bits per heavy atom. The number of carbonyl (C=O) groups excluding carboxylic acids is 2. The van der Waals surface area contributed by atoms with Crippen LogP contribution in [-0.4, -0.2) is 48.1 Å². The summed E-state index contributed by atoms with van der Waals surface area (Å²) in [5.41, 5.74) is -0.676. The number of morpholine rings is 1. The summed E-state index contributed by atoms with van der Waals surface area (Å²) in [6.07, 6.45) is -0.222. The predicted octanol–water partition coefficient (Wildman–Crippen LogP) is 2.36. The number of amides is 2. The highest BCUT2D eigenvalue weighted by Gasteiger charge is 2.34. The average molecular weight is 354 g/mol. The number of ether oxygens (including phenoxy) is 1. The van der Waals surface area contributed by atoms with Crippen molar-refractivity contribution in [2.75, 3.05) is 13.1 Å². The Kier molecular flexibility index (Phi) is 6.11. The first kappa shape index (κ1) is 19.3. The molecule has 7 heteroatoms. The summed E-state index contributed by atoms with van der Waals surface area (Å²) < 4.78 is 33.2. The number of halogens is 2. The normalized spacial score (nSPS) is 22.0. The second-order valence-corrected chi connectivity index (χ2v) is 6.79. The van der Waals surface area contributed by atoms with Crippen LogP contribution in [0.4, 0.5) is 8.78 Å². The molecule has 1 saturated heterocycles. The third-order valence-electron chi connectivity index (χ3n) is 4.14. The maximum atomic E-state index is 13.8. The summed E-state index contributed by atoms with van der Waals surface area (Å²) in [6.45, 7) is 8.11. The first-order valence-electron chi connectivity index (χ1n) is 8.39. The third kappa shape index (κ3) is 4.54. The Labute approximate surface area is 146 Å². The SMILES string of the molecule is CC(C)[C@H](NC(=O)c1c(F)cccc1F)C(=O)N1C[C@@H](C)O[C@H](C)C1. The van der Waals surface area contributed by atoms with Crippen molar-refractivity contribution in [1.82, 2.24) is 10.2 Å². The van der Waals surface area contributed by atoms with E-state index >= 15 is 0 Å². The maximum Gasteiger partial charge on any atom is 0.257 e. The number of benzene rings is 1. The summed E-state index contributed by atoms with van der Waals surface area (Å²) in [7, 11) is 0. The Bertz CT molecular complexity index is 621. The number of carbonyl (C=O) groups is 2. The monoisotopic (exact) mass is 354 g/mol. The maximum absolute atomic E-state index is 13.8. The van der Waals surface area contributed by atoms with Crippen LogP contribution in [0.15, 0.2) is 18.2 Å². The molecular formula is C18H24F2N2O3. The van der Waals surface area contributed by atoms with Crippen molar-refractivity contribution in [2.24, 2.45) is 5.92 Å². The molecule has 2 amide bonds. The van der Waals surface area contributed by atoms with Gasteiger partial charge in [-0.25, -0.2) is 8.78 Å². The summed E-state index contributed by atoms with van der Waals surface area (Å²) in [4.78, 5) is 26.8. The van der Waals surface area contributed by atoms with E-state index in [-0.39, 0.29) is 24.0 Å². The van der Waals surface area contributed by atoms with Crippen molar-refractivity contribution in [3.63, 3.8) is 0 Å². The highest BCUT2D eigenvalue weighted by Crippen LogP contribution is 2.17. The smallest absolute Gasteiger partial charge is 0.257 e. The van der Waals surface area contributed by atoms with Crippen molar-refractivity contribution in [3.8, 4) is 0 Å². The van der Waals surface area contributed by atoms with Crippen molar-refractivity contribution in [1.29, 1.82) is 0 Å². The van der Waals surface area contributed by atoms with Crippen molar-refractivity contribution in [3.05, 3.63) is 35.4 Å². The molecule has 2 rings (SSSR count). The lowest BCUT2D eigenvalue weighted by Gasteiger charge is -2.38. The highest BCUT2D eigenvalue weighted by atomic mass is 19.1. The number of nitrogens with zero attached hydrogens (tertiary/aromatic N) is 1. The van der Waals surface area contributed by atoms with Crippen LogP contribution in [0.5, 0.6) is 0 Å². The van der Waals surface area contributed by atoms with Crippen LogP contribution in [0, 0.1) is 17.6 Å². The van der Waals surface area contributed by atoms with E-state index in [1.54, 1.807) is 18.7 Å². The second-order valence-electron chi connectivity index (χ2n) is 6.79. The summed E-state index contributed by atoms with van der Waals surface area (Å²) in [5, 5.41) is 2.49. The summed E-state index contributed by atoms with van der Waals surface area (Å²) >= 11 is 0. The molecule has 0 spiro atoms. The molecule has 0 bridgehead atoms. The highest BCUT2D eigenvalue weighted by molar-refractivity contribution is 5.98. The van der Waals surface area contributed by atoms with Gasteiger partial charge in [0.25, 0.3) is 5.91 Å². The van der Waals surface area contributed by atoms with E-state index < -0.39 is 29.1 Å². The quantitative estimate of drug-likeness (QED) is 0.903. The lowest BCUT2D eigenvalue weighted by Crippen LogP contribution is -2.56. The van der Waals surface area contributed by atoms with Crippen LogP contribution in [-0.2, 0) is 9.53 Å². The molecule has 1 aromatic rings. The largest absolute Gasteiger partial charge is 0.372 e. The zero-order chi connectivity index (χ0) is 18.7. The van der Waals surface area contributed by atoms with Gasteiger partial charge in [-0.2, -0.15) is 0 Å². The van der Waals surface area contributed by atoms with Crippen LogP contribution in [0.25, 0.3) is 0 Å². The van der Waals surface area contributed by atoms with Crippen LogP contribution >= 0.6 is 0 Å². The fourth-order valence-corrected chi connectivity index (χ4v) is 3.00. The zero-order valence-electron chi connectivity index (χ0n) is 14.9. The van der Waals surface area contributed by atoms with Crippen LogP contribution in [0.3, 0.4) is 0 Å². The number of hydrogen-bond donors (Lipinski definition) is 1. The van der Waals surface area contributed by atoms with Gasteiger partial charge < -0.3 is 15.0 Å². The third-order valence-corrected chi connectivity index (χ3v) is 4.14. The lowest BCUT2D eigenvalue weighted by atomic mass is 10.0. The van der Waals surface area contributed by atoms with Gasteiger partial charge in [-0.1, -0.05) is 19.9 Å². The molecular weight excluding hydrogens is 330 g/mol. The Morgan fingerprint density at radius 3 is 2.16 bits per heavy atom. The van der Waals surface area contributed by atoms with E-state index in [2.05, 4.69) is 5.32 Å². The van der Waals surface area contributed by atoms with Crippen LogP contribution < -0.4 is 5.32 Å². The van der Waals surface area contributed by atoms with E-state index in [1.807, 2.05) is 13.8 Å². The van der Waals surface area contributed by atoms with E-state index in [4.69, 9.17) is 4.74 Å². The fourth-order valence-electron chi connectivity index (χ4n) is 3.00. The molecule has 1 aliphatic heterocycles. The van der Waals surface area contributed by atoms with Crippen molar-refractivity contribution < 1.29 is 23.1 Å². The molecule has 5 nitrogen and oxygen atoms in total. The Morgan fingerprint density at radius 2 is 1.68 bits per heavy atom. The molecule has 0 aliphatic carbocycles. The van der Waals surface area contributed by atoms with Crippen molar-refractivity contribution in [2.45, 2.75) is 45.9 Å². The minimum Gasteiger partial charge on any atom is -0.372 e. The fraction of sp³-hybridized carbons (Fsp3) is 0.556. The van der Waals surface area contributed by atoms with Crippen LogP contribution in [0.2, 0.25) is 0 Å². The minimum absolute atomic E-state index is 0.111. The molecule has 1 aromatic carbocycles. The molecule has 3 atom stereocenters. The molecule has 1 fully saturated rings. The van der Waals surface area contributed by atoms with Gasteiger partial charge in [0, 0.05) is 13.1 Å². The van der Waals surface area contributed by atoms with E-state index in [9.17, 15) is 18.4 Å². The number of rotatable bonds is 4. The molecule has 1 heterocycles. The minimum atomic E-state index is -0.957. The van der Waals surface area contributed by atoms with Gasteiger partial charge >= 0.3 is 0 Å². The molecule has 0 radical (unpaired) electrons. The predicted molar refractivity (Wildman–Crippen MR) is 89.0 cm³/mol. The molecule has 1 N–H and O–H groups in total. The van der Waals surface area contributed by atoms with Gasteiger partial charge in [0.05, 0.1) is 12.2 Å². The van der Waals surface area contributed by atoms with Gasteiger partial charge in [-0.3, -0.25) is 9.59 Å². The lowest BCUT2D eigenvalue weighted by molar-refractivity contribution is -0.146. The summed E-state index contributed by atoms with van der Waals surface area (Å²) in [5.74, 6) is -3.36. The number of nitrogens with one attached hydrogen (secondary N) is 1.